The Kier molecular flexibility index (Phi) is 2.85. The monoisotopic (exact) mass is 255 g/mol. The van der Waals surface area contributed by atoms with Crippen molar-refractivity contribution in [3.63, 3.8) is 0 Å². The van der Waals surface area contributed by atoms with Crippen LogP contribution < -0.4 is 5.32 Å². The van der Waals surface area contributed by atoms with E-state index in [9.17, 15) is 4.79 Å². The minimum Gasteiger partial charge on any atom is -0.355 e. The van der Waals surface area contributed by atoms with Crippen molar-refractivity contribution >= 4 is 5.91 Å². The van der Waals surface area contributed by atoms with Crippen LogP contribution in [-0.4, -0.2) is 22.4 Å². The van der Waals surface area contributed by atoms with E-state index in [4.69, 9.17) is 0 Å². The molecule has 0 saturated carbocycles. The second-order valence-electron chi connectivity index (χ2n) is 5.19. The molecule has 1 aliphatic rings. The molecule has 4 nitrogen and oxygen atoms in total. The summed E-state index contributed by atoms with van der Waals surface area (Å²) in [5.74, 6) is 1.17. The minimum absolute atomic E-state index is 0.106. The lowest BCUT2D eigenvalue weighted by Gasteiger charge is -2.04. The van der Waals surface area contributed by atoms with E-state index in [-0.39, 0.29) is 11.8 Å². The Morgan fingerprint density at radius 2 is 2.11 bits per heavy atom. The number of nitrogens with zero attached hydrogens (tertiary/aromatic N) is 1. The first-order valence-electron chi connectivity index (χ1n) is 6.52. The van der Waals surface area contributed by atoms with Crippen LogP contribution in [0.15, 0.2) is 24.4 Å². The van der Waals surface area contributed by atoms with Gasteiger partial charge in [0, 0.05) is 18.9 Å². The van der Waals surface area contributed by atoms with Gasteiger partial charge in [-0.3, -0.25) is 4.79 Å². The Bertz CT molecular complexity index is 630. The van der Waals surface area contributed by atoms with Crippen molar-refractivity contribution in [1.29, 1.82) is 0 Å². The van der Waals surface area contributed by atoms with E-state index in [0.29, 0.717) is 13.0 Å². The van der Waals surface area contributed by atoms with Gasteiger partial charge in [0.2, 0.25) is 5.91 Å². The highest BCUT2D eigenvalue weighted by Crippen LogP contribution is 2.25. The van der Waals surface area contributed by atoms with Crippen LogP contribution in [0, 0.1) is 13.8 Å². The maximum absolute atomic E-state index is 11.2. The van der Waals surface area contributed by atoms with Crippen LogP contribution >= 0.6 is 0 Å². The van der Waals surface area contributed by atoms with Gasteiger partial charge >= 0.3 is 0 Å². The van der Waals surface area contributed by atoms with Crippen molar-refractivity contribution in [2.75, 3.05) is 6.54 Å². The van der Waals surface area contributed by atoms with Crippen LogP contribution in [0.5, 0.6) is 0 Å². The van der Waals surface area contributed by atoms with E-state index in [1.165, 1.54) is 11.1 Å². The number of H-pyrrole nitrogens is 1. The summed E-state index contributed by atoms with van der Waals surface area (Å²) in [6.07, 6.45) is 2.38. The number of imidazole rings is 1. The van der Waals surface area contributed by atoms with Crippen LogP contribution in [0.25, 0.3) is 11.3 Å². The van der Waals surface area contributed by atoms with Gasteiger partial charge in [-0.1, -0.05) is 12.1 Å². The van der Waals surface area contributed by atoms with E-state index in [2.05, 4.69) is 47.3 Å². The van der Waals surface area contributed by atoms with E-state index >= 15 is 0 Å². The molecule has 0 spiro atoms. The van der Waals surface area contributed by atoms with Gasteiger partial charge in [-0.15, -0.1) is 0 Å². The lowest BCUT2D eigenvalue weighted by molar-refractivity contribution is -0.119. The van der Waals surface area contributed by atoms with Gasteiger partial charge < -0.3 is 10.3 Å². The van der Waals surface area contributed by atoms with Crippen molar-refractivity contribution in [3.05, 3.63) is 41.3 Å². The molecule has 2 heterocycles. The minimum atomic E-state index is 0.106. The van der Waals surface area contributed by atoms with Gasteiger partial charge in [0.05, 0.1) is 11.9 Å². The van der Waals surface area contributed by atoms with Crippen molar-refractivity contribution in [1.82, 2.24) is 15.3 Å². The van der Waals surface area contributed by atoms with Crippen molar-refractivity contribution in [2.24, 2.45) is 0 Å². The molecule has 0 aliphatic carbocycles. The fraction of sp³-hybridized carbons (Fsp3) is 0.333. The van der Waals surface area contributed by atoms with Gasteiger partial charge in [0.25, 0.3) is 0 Å². The zero-order valence-electron chi connectivity index (χ0n) is 11.2. The Morgan fingerprint density at radius 3 is 2.79 bits per heavy atom. The molecular weight excluding hydrogens is 238 g/mol. The normalized spacial score (nSPS) is 18.6. The largest absolute Gasteiger partial charge is 0.355 e. The third-order valence-electron chi connectivity index (χ3n) is 3.78. The molecule has 0 radical (unpaired) electrons. The molecule has 1 fully saturated rings. The Hall–Kier alpha value is -2.10. The van der Waals surface area contributed by atoms with Crippen LogP contribution in [0.2, 0.25) is 0 Å². The zero-order valence-corrected chi connectivity index (χ0v) is 11.2. The molecule has 1 amide bonds. The average Bonchev–Trinajstić information content (AvgIpc) is 3.01. The number of rotatable bonds is 2. The SMILES string of the molecule is Cc1ccc(-c2cnc([C@@H]3CNC(=O)C3)[nH]2)cc1C. The van der Waals surface area contributed by atoms with Gasteiger partial charge in [-0.25, -0.2) is 4.98 Å². The lowest BCUT2D eigenvalue weighted by Crippen LogP contribution is -2.13. The first-order chi connectivity index (χ1) is 9.13. The highest BCUT2D eigenvalue weighted by atomic mass is 16.1. The van der Waals surface area contributed by atoms with Crippen LogP contribution in [-0.2, 0) is 4.79 Å². The summed E-state index contributed by atoms with van der Waals surface area (Å²) in [4.78, 5) is 19.0. The van der Waals surface area contributed by atoms with Crippen LogP contribution in [0.1, 0.15) is 29.3 Å². The number of hydrogen-bond acceptors (Lipinski definition) is 2. The molecular formula is C15H17N3O. The van der Waals surface area contributed by atoms with Gasteiger partial charge in [0.15, 0.2) is 0 Å². The zero-order chi connectivity index (χ0) is 13.4. The first kappa shape index (κ1) is 12.0. The molecule has 0 unspecified atom stereocenters. The number of nitrogens with one attached hydrogen (secondary N) is 2. The van der Waals surface area contributed by atoms with E-state index in [0.717, 1.165) is 17.1 Å². The smallest absolute Gasteiger partial charge is 0.220 e. The molecule has 2 N–H and O–H groups in total. The summed E-state index contributed by atoms with van der Waals surface area (Å²) in [6, 6.07) is 6.37. The summed E-state index contributed by atoms with van der Waals surface area (Å²) in [6.45, 7) is 4.89. The van der Waals surface area contributed by atoms with Crippen molar-refractivity contribution in [2.45, 2.75) is 26.2 Å². The quantitative estimate of drug-likeness (QED) is 0.865. The number of carbonyl (C=O) groups excluding carboxylic acids is 1. The number of hydrogen-bond donors (Lipinski definition) is 2. The van der Waals surface area contributed by atoms with Crippen LogP contribution in [0.4, 0.5) is 0 Å². The molecule has 98 valence electrons. The summed E-state index contributed by atoms with van der Waals surface area (Å²) in [5, 5.41) is 2.83. The predicted octanol–water partition coefficient (Wildman–Crippen LogP) is 2.30. The maximum Gasteiger partial charge on any atom is 0.220 e. The highest BCUT2D eigenvalue weighted by molar-refractivity contribution is 5.79. The summed E-state index contributed by atoms with van der Waals surface area (Å²) in [5.41, 5.74) is 4.71. The lowest BCUT2D eigenvalue weighted by atomic mass is 10.0. The van der Waals surface area contributed by atoms with Crippen molar-refractivity contribution in [3.8, 4) is 11.3 Å². The predicted molar refractivity (Wildman–Crippen MR) is 73.9 cm³/mol. The number of aromatic nitrogens is 2. The van der Waals surface area contributed by atoms with Gasteiger partial charge in [0.1, 0.15) is 5.82 Å². The number of aromatic amines is 1. The topological polar surface area (TPSA) is 57.8 Å². The molecule has 1 atom stereocenters. The fourth-order valence-corrected chi connectivity index (χ4v) is 2.40. The molecule has 19 heavy (non-hydrogen) atoms. The second kappa shape index (κ2) is 4.53. The van der Waals surface area contributed by atoms with E-state index in [1.54, 1.807) is 0 Å². The van der Waals surface area contributed by atoms with Crippen molar-refractivity contribution < 1.29 is 4.79 Å². The van der Waals surface area contributed by atoms with Crippen LogP contribution in [0.3, 0.4) is 0 Å². The third kappa shape index (κ3) is 2.26. The standard InChI is InChI=1S/C15H17N3O/c1-9-3-4-11(5-10(9)2)13-8-17-15(18-13)12-6-14(19)16-7-12/h3-5,8,12H,6-7H2,1-2H3,(H,16,19)(H,17,18)/t12-/m0/s1. The maximum atomic E-state index is 11.2. The number of aryl methyl sites for hydroxylation is 2. The molecule has 4 heteroatoms. The average molecular weight is 255 g/mol. The second-order valence-corrected chi connectivity index (χ2v) is 5.19. The number of benzene rings is 1. The Morgan fingerprint density at radius 1 is 1.26 bits per heavy atom. The Labute approximate surface area is 112 Å². The molecule has 1 aromatic heterocycles. The number of amides is 1. The fourth-order valence-electron chi connectivity index (χ4n) is 2.40. The van der Waals surface area contributed by atoms with Gasteiger partial charge in [-0.05, 0) is 36.6 Å². The molecule has 1 aromatic carbocycles. The molecule has 1 saturated heterocycles. The molecule has 1 aliphatic heterocycles. The highest BCUT2D eigenvalue weighted by Gasteiger charge is 2.25. The molecule has 2 aromatic rings. The van der Waals surface area contributed by atoms with Gasteiger partial charge in [-0.2, -0.15) is 0 Å². The summed E-state index contributed by atoms with van der Waals surface area (Å²) < 4.78 is 0. The summed E-state index contributed by atoms with van der Waals surface area (Å²) in [7, 11) is 0. The third-order valence-corrected chi connectivity index (χ3v) is 3.78. The van der Waals surface area contributed by atoms with E-state index < -0.39 is 0 Å². The molecule has 0 bridgehead atoms. The summed E-state index contributed by atoms with van der Waals surface area (Å²) >= 11 is 0. The molecule has 3 rings (SSSR count). The number of carbonyl (C=O) groups is 1. The Balaban J connectivity index is 1.88. The first-order valence-corrected chi connectivity index (χ1v) is 6.52. The van der Waals surface area contributed by atoms with E-state index in [1.807, 2.05) is 6.20 Å².